The van der Waals surface area contributed by atoms with Crippen LogP contribution < -0.4 is 5.32 Å². The van der Waals surface area contributed by atoms with Crippen LogP contribution in [0.4, 0.5) is 5.82 Å². The molecule has 19 heavy (non-hydrogen) atoms. The molecule has 3 aromatic rings. The van der Waals surface area contributed by atoms with Gasteiger partial charge in [0.2, 0.25) is 0 Å². The molecule has 0 bridgehead atoms. The Morgan fingerprint density at radius 3 is 2.84 bits per heavy atom. The van der Waals surface area contributed by atoms with Gasteiger partial charge in [0.15, 0.2) is 5.01 Å². The molecule has 0 spiro atoms. The molecule has 0 saturated carbocycles. The van der Waals surface area contributed by atoms with Crippen molar-refractivity contribution in [3.05, 3.63) is 47.4 Å². The first kappa shape index (κ1) is 11.6. The van der Waals surface area contributed by atoms with Crippen LogP contribution in [0, 0.1) is 11.8 Å². The molecule has 5 heteroatoms. The lowest BCUT2D eigenvalue weighted by Crippen LogP contribution is -1.91. The first-order valence-electron chi connectivity index (χ1n) is 5.71. The molecular formula is C14H10N4S. The number of pyridine rings is 2. The van der Waals surface area contributed by atoms with E-state index in [-0.39, 0.29) is 0 Å². The molecule has 0 amide bonds. The third-order valence-corrected chi connectivity index (χ3v) is 3.48. The van der Waals surface area contributed by atoms with Crippen LogP contribution in [0.5, 0.6) is 0 Å². The smallest absolute Gasteiger partial charge is 0.168 e. The van der Waals surface area contributed by atoms with E-state index in [2.05, 4.69) is 32.1 Å². The molecule has 0 aliphatic rings. The van der Waals surface area contributed by atoms with Crippen molar-refractivity contribution in [3.63, 3.8) is 0 Å². The molecule has 0 atom stereocenters. The molecule has 3 heterocycles. The fourth-order valence-electron chi connectivity index (χ4n) is 1.57. The van der Waals surface area contributed by atoms with Crippen LogP contribution >= 0.6 is 11.3 Å². The minimum Gasteiger partial charge on any atom is -0.373 e. The zero-order chi connectivity index (χ0) is 13.1. The molecule has 3 aromatic heterocycles. The number of anilines is 1. The van der Waals surface area contributed by atoms with E-state index in [0.717, 1.165) is 26.6 Å². The van der Waals surface area contributed by atoms with E-state index in [1.54, 1.807) is 29.9 Å². The zero-order valence-electron chi connectivity index (χ0n) is 10.2. The Balaban J connectivity index is 1.89. The van der Waals surface area contributed by atoms with Crippen LogP contribution in [0.1, 0.15) is 10.6 Å². The first-order valence-corrected chi connectivity index (χ1v) is 6.53. The Kier molecular flexibility index (Phi) is 3.09. The molecule has 0 unspecified atom stereocenters. The topological polar surface area (TPSA) is 50.7 Å². The molecule has 1 N–H and O–H groups in total. The third-order valence-electron chi connectivity index (χ3n) is 2.52. The van der Waals surface area contributed by atoms with Crippen molar-refractivity contribution in [3.8, 4) is 11.8 Å². The van der Waals surface area contributed by atoms with E-state index in [1.807, 2.05) is 25.2 Å². The number of hydrogen-bond donors (Lipinski definition) is 1. The summed E-state index contributed by atoms with van der Waals surface area (Å²) in [5, 5.41) is 3.76. The van der Waals surface area contributed by atoms with Gasteiger partial charge in [0.1, 0.15) is 11.3 Å². The molecule has 0 radical (unpaired) electrons. The summed E-state index contributed by atoms with van der Waals surface area (Å²) in [7, 11) is 1.84. The molecule has 0 aromatic carbocycles. The molecule has 0 fully saturated rings. The summed E-state index contributed by atoms with van der Waals surface area (Å²) in [5.74, 6) is 6.95. The molecular weight excluding hydrogens is 256 g/mol. The highest BCUT2D eigenvalue weighted by Gasteiger charge is 2.00. The SMILES string of the molecule is CNc1ccc(C#Cc2nc3cnccc3s2)cn1. The quantitative estimate of drug-likeness (QED) is 0.688. The van der Waals surface area contributed by atoms with Crippen LogP contribution in [-0.4, -0.2) is 22.0 Å². The van der Waals surface area contributed by atoms with Crippen LogP contribution in [0.2, 0.25) is 0 Å². The summed E-state index contributed by atoms with van der Waals surface area (Å²) in [4.78, 5) is 12.7. The van der Waals surface area contributed by atoms with Gasteiger partial charge < -0.3 is 5.32 Å². The van der Waals surface area contributed by atoms with Crippen molar-refractivity contribution in [2.45, 2.75) is 0 Å². The lowest BCUT2D eigenvalue weighted by atomic mass is 10.3. The van der Waals surface area contributed by atoms with Gasteiger partial charge in [-0.2, -0.15) is 0 Å². The molecule has 0 aliphatic heterocycles. The van der Waals surface area contributed by atoms with Gasteiger partial charge in [0.05, 0.1) is 10.9 Å². The number of aromatic nitrogens is 3. The third kappa shape index (κ3) is 2.54. The van der Waals surface area contributed by atoms with Crippen molar-refractivity contribution < 1.29 is 0 Å². The lowest BCUT2D eigenvalue weighted by molar-refractivity contribution is 1.28. The number of thiazole rings is 1. The highest BCUT2D eigenvalue weighted by atomic mass is 32.1. The molecule has 0 saturated heterocycles. The predicted molar refractivity (Wildman–Crippen MR) is 77.2 cm³/mol. The standard InChI is InChI=1S/C14H10N4S/c1-15-13-4-2-10(8-17-13)3-5-14-18-11-9-16-7-6-12(11)19-14/h2,4,6-9H,1H3,(H,15,17). The van der Waals surface area contributed by atoms with Gasteiger partial charge in [-0.3, -0.25) is 4.98 Å². The number of rotatable bonds is 1. The van der Waals surface area contributed by atoms with Crippen LogP contribution in [0.3, 0.4) is 0 Å². The fraction of sp³-hybridized carbons (Fsp3) is 0.0714. The van der Waals surface area contributed by atoms with E-state index >= 15 is 0 Å². The maximum Gasteiger partial charge on any atom is 0.168 e. The van der Waals surface area contributed by atoms with E-state index in [0.29, 0.717) is 0 Å². The van der Waals surface area contributed by atoms with Crippen molar-refractivity contribution in [1.29, 1.82) is 0 Å². The van der Waals surface area contributed by atoms with Gasteiger partial charge in [-0.1, -0.05) is 5.92 Å². The Morgan fingerprint density at radius 2 is 2.11 bits per heavy atom. The Morgan fingerprint density at radius 1 is 1.16 bits per heavy atom. The zero-order valence-corrected chi connectivity index (χ0v) is 11.0. The second kappa shape index (κ2) is 5.04. The number of nitrogens with one attached hydrogen (secondary N) is 1. The van der Waals surface area contributed by atoms with Crippen molar-refractivity contribution in [2.24, 2.45) is 0 Å². The second-order valence-electron chi connectivity index (χ2n) is 3.79. The van der Waals surface area contributed by atoms with Crippen molar-refractivity contribution >= 4 is 27.4 Å². The maximum absolute atomic E-state index is 4.41. The summed E-state index contributed by atoms with van der Waals surface area (Å²) < 4.78 is 1.10. The number of hydrogen-bond acceptors (Lipinski definition) is 5. The van der Waals surface area contributed by atoms with Gasteiger partial charge >= 0.3 is 0 Å². The van der Waals surface area contributed by atoms with Crippen molar-refractivity contribution in [2.75, 3.05) is 12.4 Å². The monoisotopic (exact) mass is 266 g/mol. The van der Waals surface area contributed by atoms with Gasteiger partial charge in [-0.25, -0.2) is 9.97 Å². The summed E-state index contributed by atoms with van der Waals surface area (Å²) >= 11 is 1.57. The summed E-state index contributed by atoms with van der Waals surface area (Å²) in [6.45, 7) is 0. The van der Waals surface area contributed by atoms with Gasteiger partial charge in [0.25, 0.3) is 0 Å². The van der Waals surface area contributed by atoms with Gasteiger partial charge in [-0.15, -0.1) is 11.3 Å². The average molecular weight is 266 g/mol. The van der Waals surface area contributed by atoms with Gasteiger partial charge in [0, 0.05) is 25.0 Å². The average Bonchev–Trinajstić information content (AvgIpc) is 2.88. The normalized spacial score (nSPS) is 9.95. The second-order valence-corrected chi connectivity index (χ2v) is 4.83. The highest BCUT2D eigenvalue weighted by molar-refractivity contribution is 7.19. The van der Waals surface area contributed by atoms with E-state index in [4.69, 9.17) is 0 Å². The van der Waals surface area contributed by atoms with E-state index in [1.165, 1.54) is 0 Å². The Labute approximate surface area is 114 Å². The summed E-state index contributed by atoms with van der Waals surface area (Å²) in [6, 6.07) is 5.77. The molecule has 0 aliphatic carbocycles. The predicted octanol–water partition coefficient (Wildman–Crippen LogP) is 2.53. The first-order chi connectivity index (χ1) is 9.35. The van der Waals surface area contributed by atoms with Gasteiger partial charge in [-0.05, 0) is 24.1 Å². The van der Waals surface area contributed by atoms with Crippen molar-refractivity contribution in [1.82, 2.24) is 15.0 Å². The lowest BCUT2D eigenvalue weighted by Gasteiger charge is -1.96. The minimum atomic E-state index is 0.792. The Hall–Kier alpha value is -2.45. The Bertz CT molecular complexity index is 732. The molecule has 92 valence electrons. The highest BCUT2D eigenvalue weighted by Crippen LogP contribution is 2.19. The maximum atomic E-state index is 4.41. The van der Waals surface area contributed by atoms with Crippen LogP contribution in [0.15, 0.2) is 36.8 Å². The summed E-state index contributed by atoms with van der Waals surface area (Å²) in [6.07, 6.45) is 5.26. The number of nitrogens with zero attached hydrogens (tertiary/aromatic N) is 3. The molecule has 4 nitrogen and oxygen atoms in total. The molecule has 3 rings (SSSR count). The van der Waals surface area contributed by atoms with E-state index < -0.39 is 0 Å². The van der Waals surface area contributed by atoms with Crippen LogP contribution in [0.25, 0.3) is 10.2 Å². The minimum absolute atomic E-state index is 0.792. The number of fused-ring (bicyclic) bond motifs is 1. The van der Waals surface area contributed by atoms with E-state index in [9.17, 15) is 0 Å². The van der Waals surface area contributed by atoms with Crippen LogP contribution in [-0.2, 0) is 0 Å². The summed E-state index contributed by atoms with van der Waals surface area (Å²) in [5.41, 5.74) is 1.76. The fourth-order valence-corrected chi connectivity index (χ4v) is 2.36. The largest absolute Gasteiger partial charge is 0.373 e.